The van der Waals surface area contributed by atoms with E-state index < -0.39 is 0 Å². The van der Waals surface area contributed by atoms with Crippen LogP contribution in [0, 0.1) is 0 Å². The van der Waals surface area contributed by atoms with Gasteiger partial charge in [0.1, 0.15) is 0 Å². The molecule has 0 saturated carbocycles. The van der Waals surface area contributed by atoms with E-state index in [9.17, 15) is 0 Å². The molecule has 0 spiro atoms. The molecule has 1 saturated heterocycles. The van der Waals surface area contributed by atoms with Crippen LogP contribution in [0.2, 0.25) is 0 Å². The number of rotatable bonds is 3. The topological polar surface area (TPSA) is 61.8 Å². The van der Waals surface area contributed by atoms with E-state index in [2.05, 4.69) is 39.8 Å². The van der Waals surface area contributed by atoms with Gasteiger partial charge in [-0.05, 0) is 60.3 Å². The highest BCUT2D eigenvalue weighted by atomic mass is 79.9. The molecule has 0 bridgehead atoms. The average molecular weight is 326 g/mol. The molecule has 0 aromatic heterocycles. The molecule has 1 aliphatic rings. The van der Waals surface area contributed by atoms with Crippen molar-refractivity contribution in [3.05, 3.63) is 28.2 Å². The maximum Gasteiger partial charge on any atom is 0.170 e. The highest BCUT2D eigenvalue weighted by Crippen LogP contribution is 2.36. The molecule has 104 valence electrons. The Labute approximate surface area is 122 Å². The molecule has 2 atom stereocenters. The van der Waals surface area contributed by atoms with Crippen molar-refractivity contribution < 1.29 is 5.21 Å². The number of oxime groups is 1. The number of nitrogens with zero attached hydrogens (tertiary/aromatic N) is 2. The highest BCUT2D eigenvalue weighted by molar-refractivity contribution is 9.10. The van der Waals surface area contributed by atoms with Crippen molar-refractivity contribution in [2.45, 2.75) is 45.2 Å². The number of hydrogen-bond donors (Lipinski definition) is 2. The zero-order valence-corrected chi connectivity index (χ0v) is 12.9. The Balaban J connectivity index is 2.35. The van der Waals surface area contributed by atoms with Crippen molar-refractivity contribution in [1.82, 2.24) is 0 Å². The zero-order chi connectivity index (χ0) is 14.0. The van der Waals surface area contributed by atoms with Gasteiger partial charge in [-0.15, -0.1) is 0 Å². The zero-order valence-electron chi connectivity index (χ0n) is 11.3. The normalized spacial score (nSPS) is 23.9. The summed E-state index contributed by atoms with van der Waals surface area (Å²) in [7, 11) is 0. The molecule has 1 heterocycles. The largest absolute Gasteiger partial charge is 0.409 e. The van der Waals surface area contributed by atoms with Gasteiger partial charge in [-0.2, -0.15) is 0 Å². The van der Waals surface area contributed by atoms with E-state index in [1.54, 1.807) is 0 Å². The summed E-state index contributed by atoms with van der Waals surface area (Å²) < 4.78 is 0.990. The Hall–Kier alpha value is -1.23. The van der Waals surface area contributed by atoms with Crippen LogP contribution < -0.4 is 10.6 Å². The highest BCUT2D eigenvalue weighted by Gasteiger charge is 2.30. The summed E-state index contributed by atoms with van der Waals surface area (Å²) in [5.74, 6) is 0.133. The number of nitrogens with two attached hydrogens (primary N) is 1. The minimum Gasteiger partial charge on any atom is -0.409 e. The molecule has 0 amide bonds. The van der Waals surface area contributed by atoms with E-state index in [0.717, 1.165) is 16.5 Å². The van der Waals surface area contributed by atoms with Gasteiger partial charge in [0, 0.05) is 22.1 Å². The van der Waals surface area contributed by atoms with Crippen molar-refractivity contribution in [2.75, 3.05) is 4.90 Å². The number of anilines is 1. The van der Waals surface area contributed by atoms with Crippen LogP contribution in [-0.2, 0) is 0 Å². The Kier molecular flexibility index (Phi) is 4.34. The van der Waals surface area contributed by atoms with E-state index in [0.29, 0.717) is 12.1 Å². The molecule has 0 radical (unpaired) electrons. The van der Waals surface area contributed by atoms with Crippen LogP contribution in [0.5, 0.6) is 0 Å². The van der Waals surface area contributed by atoms with Crippen LogP contribution in [0.25, 0.3) is 0 Å². The predicted molar refractivity (Wildman–Crippen MR) is 81.9 cm³/mol. The van der Waals surface area contributed by atoms with Gasteiger partial charge in [0.05, 0.1) is 5.69 Å². The van der Waals surface area contributed by atoms with Crippen LogP contribution in [0.15, 0.2) is 27.8 Å². The average Bonchev–Trinajstić information content (AvgIpc) is 2.78. The van der Waals surface area contributed by atoms with Crippen molar-refractivity contribution in [3.8, 4) is 0 Å². The van der Waals surface area contributed by atoms with Crippen molar-refractivity contribution in [1.29, 1.82) is 0 Å². The lowest BCUT2D eigenvalue weighted by Gasteiger charge is -2.31. The van der Waals surface area contributed by atoms with Gasteiger partial charge in [-0.25, -0.2) is 0 Å². The number of hydrogen-bond acceptors (Lipinski definition) is 3. The van der Waals surface area contributed by atoms with Crippen molar-refractivity contribution >= 4 is 27.5 Å². The van der Waals surface area contributed by atoms with Gasteiger partial charge in [0.25, 0.3) is 0 Å². The first kappa shape index (κ1) is 14.2. The lowest BCUT2D eigenvalue weighted by Crippen LogP contribution is -2.34. The Morgan fingerprint density at radius 3 is 2.84 bits per heavy atom. The molecule has 5 heteroatoms. The first-order valence-electron chi connectivity index (χ1n) is 6.64. The standard InChI is InChI=1S/C14H20BrN3O/c1-3-11-6-4-9(2)18(11)13-7-5-10(8-12(13)15)14(16)17-19/h5,7-9,11,19H,3-4,6H2,1-2H3,(H2,16,17). The van der Waals surface area contributed by atoms with Gasteiger partial charge in [-0.1, -0.05) is 12.1 Å². The molecule has 1 fully saturated rings. The number of benzene rings is 1. The second-order valence-corrected chi connectivity index (χ2v) is 5.90. The van der Waals surface area contributed by atoms with Gasteiger partial charge >= 0.3 is 0 Å². The molecule has 2 rings (SSSR count). The van der Waals surface area contributed by atoms with Gasteiger partial charge in [0.2, 0.25) is 0 Å². The van der Waals surface area contributed by atoms with Crippen LogP contribution in [0.4, 0.5) is 5.69 Å². The van der Waals surface area contributed by atoms with E-state index in [1.165, 1.54) is 18.5 Å². The minimum atomic E-state index is 0.133. The van der Waals surface area contributed by atoms with Crippen LogP contribution in [0.1, 0.15) is 38.7 Å². The summed E-state index contributed by atoms with van der Waals surface area (Å²) in [5.41, 5.74) is 7.52. The van der Waals surface area contributed by atoms with E-state index in [1.807, 2.05) is 18.2 Å². The first-order valence-corrected chi connectivity index (χ1v) is 7.43. The molecule has 1 aromatic rings. The van der Waals surface area contributed by atoms with E-state index in [-0.39, 0.29) is 5.84 Å². The number of amidine groups is 1. The smallest absolute Gasteiger partial charge is 0.170 e. The van der Waals surface area contributed by atoms with Gasteiger partial charge < -0.3 is 15.8 Å². The fourth-order valence-corrected chi connectivity index (χ4v) is 3.42. The Bertz CT molecular complexity index is 490. The summed E-state index contributed by atoms with van der Waals surface area (Å²) in [6, 6.07) is 6.99. The van der Waals surface area contributed by atoms with Crippen LogP contribution >= 0.6 is 15.9 Å². The first-order chi connectivity index (χ1) is 9.08. The number of halogens is 1. The molecule has 19 heavy (non-hydrogen) atoms. The Morgan fingerprint density at radius 1 is 1.53 bits per heavy atom. The summed E-state index contributed by atoms with van der Waals surface area (Å²) in [5, 5.41) is 11.8. The molecular formula is C14H20BrN3O. The fourth-order valence-electron chi connectivity index (χ4n) is 2.84. The third kappa shape index (κ3) is 2.71. The van der Waals surface area contributed by atoms with Crippen molar-refractivity contribution in [2.24, 2.45) is 10.9 Å². The lowest BCUT2D eigenvalue weighted by atomic mass is 10.1. The summed E-state index contributed by atoms with van der Waals surface area (Å²) in [4.78, 5) is 2.47. The Morgan fingerprint density at radius 2 is 2.26 bits per heavy atom. The molecule has 3 N–H and O–H groups in total. The van der Waals surface area contributed by atoms with Gasteiger partial charge in [-0.3, -0.25) is 0 Å². The maximum absolute atomic E-state index is 8.72. The monoisotopic (exact) mass is 325 g/mol. The second kappa shape index (κ2) is 5.82. The molecule has 0 aliphatic carbocycles. The third-order valence-corrected chi connectivity index (χ3v) is 4.52. The van der Waals surface area contributed by atoms with Crippen molar-refractivity contribution in [3.63, 3.8) is 0 Å². The summed E-state index contributed by atoms with van der Waals surface area (Å²) in [6.45, 7) is 4.49. The van der Waals surface area contributed by atoms with Crippen LogP contribution in [0.3, 0.4) is 0 Å². The van der Waals surface area contributed by atoms with E-state index >= 15 is 0 Å². The molecule has 2 unspecified atom stereocenters. The molecular weight excluding hydrogens is 306 g/mol. The third-order valence-electron chi connectivity index (χ3n) is 3.89. The fraction of sp³-hybridized carbons (Fsp3) is 0.500. The molecule has 1 aliphatic heterocycles. The predicted octanol–water partition coefficient (Wildman–Crippen LogP) is 3.31. The van der Waals surface area contributed by atoms with Gasteiger partial charge in [0.15, 0.2) is 5.84 Å². The summed E-state index contributed by atoms with van der Waals surface area (Å²) >= 11 is 3.60. The molecule has 4 nitrogen and oxygen atoms in total. The maximum atomic E-state index is 8.72. The quantitative estimate of drug-likeness (QED) is 0.388. The SMILES string of the molecule is CCC1CCC(C)N1c1ccc(/C(N)=N/O)cc1Br. The van der Waals surface area contributed by atoms with E-state index in [4.69, 9.17) is 10.9 Å². The second-order valence-electron chi connectivity index (χ2n) is 5.05. The van der Waals surface area contributed by atoms with Crippen LogP contribution in [-0.4, -0.2) is 23.1 Å². The minimum absolute atomic E-state index is 0.133. The lowest BCUT2D eigenvalue weighted by molar-refractivity contribution is 0.318. The summed E-state index contributed by atoms with van der Waals surface area (Å²) in [6.07, 6.45) is 3.62. The molecule has 1 aromatic carbocycles.